The number of benzene rings is 6. The molecule has 0 atom stereocenters. The number of aryl methyl sites for hydroxylation is 6. The van der Waals surface area contributed by atoms with Gasteiger partial charge in [-0.05, 0) is 221 Å². The first-order valence-electron chi connectivity index (χ1n) is 37.8. The Labute approximate surface area is 684 Å². The molecule has 9 heterocycles. The van der Waals surface area contributed by atoms with Crippen LogP contribution in [0.2, 0.25) is 0 Å². The van der Waals surface area contributed by atoms with Crippen LogP contribution in [0.3, 0.4) is 0 Å². The number of amides is 1. The number of hydrogen-bond acceptors (Lipinski definition) is 28. The molecule has 0 bridgehead atoms. The quantitative estimate of drug-likeness (QED) is 0.0293. The number of carbonyl (C=O) groups excluding carboxylic acids is 2. The summed E-state index contributed by atoms with van der Waals surface area (Å²) in [6, 6.07) is 40.5. The number of sulfonamides is 1. The van der Waals surface area contributed by atoms with E-state index >= 15 is 0 Å². The van der Waals surface area contributed by atoms with Gasteiger partial charge >= 0.3 is 0 Å². The molecule has 0 spiro atoms. The summed E-state index contributed by atoms with van der Waals surface area (Å²) in [6.07, 6.45) is 12.1. The molecule has 0 unspecified atom stereocenters. The molecule has 6 aromatic heterocycles. The molecule has 3 aliphatic rings. The molecule has 12 aromatic rings. The molecule has 7 N–H and O–H groups in total. The molecule has 3 saturated heterocycles. The second-order valence-corrected chi connectivity index (χ2v) is 33.0. The Morgan fingerprint density at radius 2 is 0.845 bits per heavy atom. The maximum absolute atomic E-state index is 11.5. The van der Waals surface area contributed by atoms with Crippen LogP contribution >= 0.6 is 34.0 Å². The highest BCUT2D eigenvalue weighted by Crippen LogP contribution is 2.39. The molecule has 31 heteroatoms. The Morgan fingerprint density at radius 1 is 0.491 bits per heavy atom. The molecule has 6 aromatic carbocycles. The zero-order valence-corrected chi connectivity index (χ0v) is 68.4. The lowest BCUT2D eigenvalue weighted by Crippen LogP contribution is -2.39. The van der Waals surface area contributed by atoms with Gasteiger partial charge in [0, 0.05) is 100 Å². The van der Waals surface area contributed by atoms with Gasteiger partial charge in [-0.15, -0.1) is 34.0 Å². The van der Waals surface area contributed by atoms with Crippen LogP contribution in [0.1, 0.15) is 133 Å². The molecule has 27 nitrogen and oxygen atoms in total. The van der Waals surface area contributed by atoms with Crippen LogP contribution in [0.25, 0.3) is 43.2 Å². The zero-order valence-electron chi connectivity index (χ0n) is 65.1. The Kier molecular flexibility index (Phi) is 26.5. The number of thiazole rings is 3. The topological polar surface area (TPSA) is 381 Å². The number of rotatable bonds is 23. The highest BCUT2D eigenvalue weighted by atomic mass is 32.2. The maximum atomic E-state index is 11.5. The lowest BCUT2D eigenvalue weighted by atomic mass is 10.0. The predicted octanol–water partition coefficient (Wildman–Crippen LogP) is 15.6. The monoisotopic (exact) mass is 1630 g/mol. The Morgan fingerprint density at radius 3 is 1.18 bits per heavy atom. The second kappa shape index (κ2) is 37.5. The number of nitrogens with two attached hydrogens (primary N) is 2. The van der Waals surface area contributed by atoms with E-state index in [1.807, 2.05) is 133 Å². The van der Waals surface area contributed by atoms with Crippen LogP contribution in [0.4, 0.5) is 17.8 Å². The molecule has 0 radical (unpaired) electrons. The van der Waals surface area contributed by atoms with Crippen LogP contribution in [-0.4, -0.2) is 137 Å². The van der Waals surface area contributed by atoms with E-state index in [-0.39, 0.29) is 28.8 Å². The van der Waals surface area contributed by atoms with Gasteiger partial charge in [0.1, 0.15) is 17.2 Å². The summed E-state index contributed by atoms with van der Waals surface area (Å²) in [4.78, 5) is 74.0. The number of allylic oxidation sites excluding steroid dienone is 2. The number of piperidine rings is 3. The third-order valence-corrected chi connectivity index (χ3v) is 23.2. The Bertz CT molecular complexity index is 5840. The number of ether oxygens (including phenoxy) is 3. The van der Waals surface area contributed by atoms with Gasteiger partial charge in [0.25, 0.3) is 17.6 Å². The summed E-state index contributed by atoms with van der Waals surface area (Å²) in [7, 11) is -3.69. The molecule has 116 heavy (non-hydrogen) atoms. The lowest BCUT2D eigenvalue weighted by molar-refractivity contribution is 0.0996. The number of fused-ring (bicyclic) bond motifs is 3. The third-order valence-electron chi connectivity index (χ3n) is 20.2. The first kappa shape index (κ1) is 81.9. The summed E-state index contributed by atoms with van der Waals surface area (Å²) < 4.78 is 41.9. The average molecular weight is 1630 g/mol. The van der Waals surface area contributed by atoms with Crippen molar-refractivity contribution < 1.29 is 32.2 Å². The molecular weight excluding hydrogens is 1540 g/mol. The van der Waals surface area contributed by atoms with Crippen molar-refractivity contribution >= 4 is 117 Å². The summed E-state index contributed by atoms with van der Waals surface area (Å²) in [6.45, 7) is 21.2. The zero-order chi connectivity index (χ0) is 81.6. The van der Waals surface area contributed by atoms with Crippen LogP contribution in [-0.2, 0) is 29.7 Å². The van der Waals surface area contributed by atoms with E-state index in [4.69, 9.17) is 50.6 Å². The largest absolute Gasteiger partial charge is 0.436 e. The van der Waals surface area contributed by atoms with Gasteiger partial charge < -0.3 is 35.9 Å². The smallest absolute Gasteiger partial charge is 0.252 e. The molecule has 592 valence electrons. The van der Waals surface area contributed by atoms with Gasteiger partial charge in [0.05, 0.1) is 45.2 Å². The van der Waals surface area contributed by atoms with Crippen molar-refractivity contribution in [1.82, 2.24) is 59.6 Å². The number of nitriles is 3. The van der Waals surface area contributed by atoms with E-state index < -0.39 is 15.9 Å². The van der Waals surface area contributed by atoms with Gasteiger partial charge in [0.15, 0.2) is 36.8 Å². The molecule has 15 rings (SSSR count). The number of nitrogens with one attached hydrogen (secondary N) is 3. The SMILES string of the molecule is CC(=O)c1ccc(CN2CCC(Nc3nc(Oc4c(C)cc(/C=C/C#N)cc4C)c4ncsc4n3)CC2)cc1.Cc1cc(/C=C/C#N)cc(C)c1Oc1nc(NC2CCN(Cc3ccc(S(N)(=O)=O)cc3)CC2)nc2scnc12.Cc1cc(C#N)cc(C)c1Oc1nc(NC2CCN(Cc3cccc(C(N)=O)c3)CC2)nc2scnc12. The number of primary amides is 1. The fourth-order valence-electron chi connectivity index (χ4n) is 14.3. The normalized spacial score (nSPS) is 14.6. The van der Waals surface area contributed by atoms with Crippen molar-refractivity contribution in [2.75, 3.05) is 55.2 Å². The highest BCUT2D eigenvalue weighted by Gasteiger charge is 2.27. The molecular formula is C85H86N20O7S4. The lowest BCUT2D eigenvalue weighted by Gasteiger charge is -2.32. The molecule has 3 fully saturated rings. The van der Waals surface area contributed by atoms with E-state index in [2.05, 4.69) is 66.6 Å². The fourth-order valence-corrected chi connectivity index (χ4v) is 16.8. The second-order valence-electron chi connectivity index (χ2n) is 28.9. The number of hydrogen-bond donors (Lipinski definition) is 5. The minimum atomic E-state index is -3.69. The third kappa shape index (κ3) is 21.1. The number of aromatic nitrogens is 9. The number of primary sulfonamides is 1. The van der Waals surface area contributed by atoms with Gasteiger partial charge in [-0.2, -0.15) is 45.7 Å². The van der Waals surface area contributed by atoms with Crippen LogP contribution in [0.5, 0.6) is 34.9 Å². The number of Topliss-reactive ketones (excluding diaryl/α,β-unsaturated/α-hetero) is 1. The summed E-state index contributed by atoms with van der Waals surface area (Å²) in [5, 5.41) is 42.6. The number of ketones is 1. The fraction of sp³-hybridized carbons (Fsp3) is 0.294. The van der Waals surface area contributed by atoms with Crippen LogP contribution in [0.15, 0.2) is 143 Å². The number of nitrogens with zero attached hydrogens (tertiary/aromatic N) is 15. The van der Waals surface area contributed by atoms with E-state index in [1.165, 1.54) is 51.7 Å². The first-order valence-corrected chi connectivity index (χ1v) is 42.0. The minimum Gasteiger partial charge on any atom is -0.436 e. The van der Waals surface area contributed by atoms with Crippen molar-refractivity contribution in [3.63, 3.8) is 0 Å². The molecule has 3 aliphatic heterocycles. The summed E-state index contributed by atoms with van der Waals surface area (Å²) >= 11 is 4.34. The number of carbonyl (C=O) groups is 2. The van der Waals surface area contributed by atoms with Crippen molar-refractivity contribution in [3.8, 4) is 53.1 Å². The van der Waals surface area contributed by atoms with Gasteiger partial charge in [0.2, 0.25) is 33.8 Å². The van der Waals surface area contributed by atoms with Crippen molar-refractivity contribution in [1.29, 1.82) is 15.8 Å². The van der Waals surface area contributed by atoms with Gasteiger partial charge in [-0.25, -0.2) is 28.5 Å². The Hall–Kier alpha value is -12.1. The van der Waals surface area contributed by atoms with Crippen LogP contribution < -0.4 is 41.0 Å². The van der Waals surface area contributed by atoms with Gasteiger partial charge in [-0.3, -0.25) is 24.3 Å². The maximum Gasteiger partial charge on any atom is 0.252 e. The molecule has 0 aliphatic carbocycles. The van der Waals surface area contributed by atoms with E-state index in [9.17, 15) is 23.3 Å². The van der Waals surface area contributed by atoms with Crippen molar-refractivity contribution in [3.05, 3.63) is 216 Å². The van der Waals surface area contributed by atoms with E-state index in [1.54, 1.807) is 65.9 Å². The first-order chi connectivity index (χ1) is 56.0. The van der Waals surface area contributed by atoms with E-state index in [0.717, 1.165) is 179 Å². The Balaban J connectivity index is 0.000000151. The van der Waals surface area contributed by atoms with E-state index in [0.29, 0.717) is 74.7 Å². The van der Waals surface area contributed by atoms with Crippen molar-refractivity contribution in [2.24, 2.45) is 10.9 Å². The number of likely N-dealkylation sites (tertiary alicyclic amines) is 3. The standard InChI is InChI=1S/C30H30N6O2S.C28H29N7O3S2.C27H27N7O2S/c1-19-15-23(5-4-12-31)16-20(2)27(19)38-28-26-29(39-18-32-26)35-30(34-28)33-25-10-13-36(14-11-25)17-22-6-8-24(9-7-22)21(3)37;1-18-14-21(4-3-11-29)15-19(2)25(18)38-26-24-27(39-17-31-24)34-28(33-26)32-22-9-12-35(13-10-22)16-20-5-7-23(8-6-20)40(30,36)37;1-16-10-19(13-28)11-17(2)23(16)36-25-22-26(37-15-30-22)33-27(32-25)31-21-6-8-34(9-7-21)14-18-4-3-5-20(12-18)24(29)35/h4-9,15-16,18,25H,10-11,13-14,17H2,1-3H3,(H,33,34,35);3-8,14-15,17,22H,9-10,12-13,16H2,1-2H3,(H2,30,36,37)(H,32,33,34);3-5,10-12,15,21H,6-9,14H2,1-2H3,(H2,29,35)(H,31,32,33)/b5-4+;4-3+;. The highest BCUT2D eigenvalue weighted by molar-refractivity contribution is 7.89. The average Bonchev–Trinajstić information content (AvgIpc) is 1.56. The number of anilines is 3. The summed E-state index contributed by atoms with van der Waals surface area (Å²) in [5.74, 6) is 4.60. The van der Waals surface area contributed by atoms with Gasteiger partial charge in [-0.1, -0.05) is 48.5 Å². The predicted molar refractivity (Wildman–Crippen MR) is 453 cm³/mol. The summed E-state index contributed by atoms with van der Waals surface area (Å²) in [5.41, 5.74) is 25.1. The molecule has 1 amide bonds. The van der Waals surface area contributed by atoms with Crippen LogP contribution in [0, 0.1) is 75.5 Å². The molecule has 0 saturated carbocycles. The van der Waals surface area contributed by atoms with Crippen molar-refractivity contribution in [2.45, 2.75) is 130 Å². The minimum absolute atomic E-state index is 0.0911.